The number of hydrogen-bond donors (Lipinski definition) is 1. The van der Waals surface area contributed by atoms with Crippen LogP contribution in [0.1, 0.15) is 13.8 Å². The summed E-state index contributed by atoms with van der Waals surface area (Å²) in [6.45, 7) is 4.67. The highest BCUT2D eigenvalue weighted by molar-refractivity contribution is 5.58. The standard InChI is InChI=1S/C11H13F2NO/c1-6(2)11-5-14-9-3-7(12)8(13)4-10(9)15-11/h3-4,6,11,14H,5H2,1-2H3. The molecule has 0 saturated heterocycles. The lowest BCUT2D eigenvalue weighted by Gasteiger charge is -2.29. The first-order valence-corrected chi connectivity index (χ1v) is 4.97. The van der Waals surface area contributed by atoms with Crippen LogP contribution in [0.25, 0.3) is 0 Å². The summed E-state index contributed by atoms with van der Waals surface area (Å²) >= 11 is 0. The lowest BCUT2D eigenvalue weighted by atomic mass is 10.1. The van der Waals surface area contributed by atoms with Crippen molar-refractivity contribution in [3.63, 3.8) is 0 Å². The van der Waals surface area contributed by atoms with Gasteiger partial charge in [0.1, 0.15) is 11.9 Å². The van der Waals surface area contributed by atoms with Gasteiger partial charge in [0.25, 0.3) is 0 Å². The number of nitrogens with one attached hydrogen (secondary N) is 1. The second kappa shape index (κ2) is 3.68. The average molecular weight is 213 g/mol. The average Bonchev–Trinajstić information content (AvgIpc) is 2.19. The lowest BCUT2D eigenvalue weighted by molar-refractivity contribution is 0.155. The summed E-state index contributed by atoms with van der Waals surface area (Å²) < 4.78 is 31.4. The van der Waals surface area contributed by atoms with Crippen LogP contribution >= 0.6 is 0 Å². The zero-order chi connectivity index (χ0) is 11.0. The zero-order valence-electron chi connectivity index (χ0n) is 8.68. The van der Waals surface area contributed by atoms with Crippen LogP contribution in [-0.4, -0.2) is 12.6 Å². The molecule has 0 bridgehead atoms. The van der Waals surface area contributed by atoms with Gasteiger partial charge < -0.3 is 10.1 Å². The number of fused-ring (bicyclic) bond motifs is 1. The van der Waals surface area contributed by atoms with Gasteiger partial charge >= 0.3 is 0 Å². The summed E-state index contributed by atoms with van der Waals surface area (Å²) in [7, 11) is 0. The highest BCUT2D eigenvalue weighted by Gasteiger charge is 2.23. The third-order valence-corrected chi connectivity index (χ3v) is 2.54. The molecule has 15 heavy (non-hydrogen) atoms. The highest BCUT2D eigenvalue weighted by Crippen LogP contribution is 2.32. The van der Waals surface area contributed by atoms with Crippen LogP contribution in [0.2, 0.25) is 0 Å². The minimum absolute atomic E-state index is 0.00219. The second-order valence-corrected chi connectivity index (χ2v) is 4.04. The molecule has 0 aliphatic carbocycles. The molecule has 1 aromatic carbocycles. The molecule has 0 radical (unpaired) electrons. The fraction of sp³-hybridized carbons (Fsp3) is 0.455. The van der Waals surface area contributed by atoms with Crippen molar-refractivity contribution < 1.29 is 13.5 Å². The third kappa shape index (κ3) is 1.89. The summed E-state index contributed by atoms with van der Waals surface area (Å²) in [5.74, 6) is -1.01. The molecule has 0 spiro atoms. The maximum Gasteiger partial charge on any atom is 0.162 e. The van der Waals surface area contributed by atoms with Crippen molar-refractivity contribution >= 4 is 5.69 Å². The fourth-order valence-electron chi connectivity index (χ4n) is 1.55. The molecule has 1 N–H and O–H groups in total. The molecule has 0 fully saturated rings. The largest absolute Gasteiger partial charge is 0.486 e. The maximum absolute atomic E-state index is 13.0. The number of ether oxygens (including phenoxy) is 1. The predicted octanol–water partition coefficient (Wildman–Crippen LogP) is 2.79. The fourth-order valence-corrected chi connectivity index (χ4v) is 1.55. The Morgan fingerprint density at radius 2 is 2.00 bits per heavy atom. The maximum atomic E-state index is 13.0. The SMILES string of the molecule is CC(C)C1CNc2cc(F)c(F)cc2O1. The molecule has 1 atom stereocenters. The van der Waals surface area contributed by atoms with E-state index in [2.05, 4.69) is 5.32 Å². The quantitative estimate of drug-likeness (QED) is 0.774. The third-order valence-electron chi connectivity index (χ3n) is 2.54. The van der Waals surface area contributed by atoms with E-state index in [9.17, 15) is 8.78 Å². The first-order chi connectivity index (χ1) is 7.08. The van der Waals surface area contributed by atoms with E-state index in [1.165, 1.54) is 0 Å². The molecule has 2 nitrogen and oxygen atoms in total. The normalized spacial score (nSPS) is 19.4. The lowest BCUT2D eigenvalue weighted by Crippen LogP contribution is -2.35. The molecule has 1 aliphatic rings. The van der Waals surface area contributed by atoms with Gasteiger partial charge in [0.2, 0.25) is 0 Å². The van der Waals surface area contributed by atoms with Gasteiger partial charge in [-0.05, 0) is 5.92 Å². The Balaban J connectivity index is 2.30. The van der Waals surface area contributed by atoms with Crippen molar-refractivity contribution in [2.45, 2.75) is 20.0 Å². The van der Waals surface area contributed by atoms with Gasteiger partial charge in [0.05, 0.1) is 12.2 Å². The van der Waals surface area contributed by atoms with Crippen molar-refractivity contribution in [1.29, 1.82) is 0 Å². The van der Waals surface area contributed by atoms with Gasteiger partial charge in [-0.25, -0.2) is 8.78 Å². The smallest absolute Gasteiger partial charge is 0.162 e. The minimum atomic E-state index is -0.875. The molecule has 1 heterocycles. The summed E-state index contributed by atoms with van der Waals surface area (Å²) in [5.41, 5.74) is 0.519. The molecular formula is C11H13F2NO. The van der Waals surface area contributed by atoms with Crippen LogP contribution in [0, 0.1) is 17.6 Å². The van der Waals surface area contributed by atoms with Gasteiger partial charge in [0, 0.05) is 12.1 Å². The number of rotatable bonds is 1. The number of hydrogen-bond acceptors (Lipinski definition) is 2. The van der Waals surface area contributed by atoms with Crippen molar-refractivity contribution in [2.24, 2.45) is 5.92 Å². The van der Waals surface area contributed by atoms with Gasteiger partial charge in [0.15, 0.2) is 11.6 Å². The Labute approximate surface area is 87.2 Å². The molecule has 4 heteroatoms. The monoisotopic (exact) mass is 213 g/mol. The van der Waals surface area contributed by atoms with Gasteiger partial charge in [-0.3, -0.25) is 0 Å². The first kappa shape index (κ1) is 10.2. The topological polar surface area (TPSA) is 21.3 Å². The summed E-state index contributed by atoms with van der Waals surface area (Å²) in [4.78, 5) is 0. The summed E-state index contributed by atoms with van der Waals surface area (Å²) in [6, 6.07) is 2.22. The second-order valence-electron chi connectivity index (χ2n) is 4.04. The van der Waals surface area contributed by atoms with E-state index < -0.39 is 11.6 Å². The number of benzene rings is 1. The van der Waals surface area contributed by atoms with Crippen LogP contribution in [0.4, 0.5) is 14.5 Å². The van der Waals surface area contributed by atoms with E-state index in [1.54, 1.807) is 0 Å². The van der Waals surface area contributed by atoms with Gasteiger partial charge in [-0.1, -0.05) is 13.8 Å². The number of halogens is 2. The van der Waals surface area contributed by atoms with Crippen molar-refractivity contribution in [3.8, 4) is 5.75 Å². The van der Waals surface area contributed by atoms with Crippen molar-refractivity contribution in [1.82, 2.24) is 0 Å². The summed E-state index contributed by atoms with van der Waals surface area (Å²) in [5, 5.41) is 3.03. The Kier molecular flexibility index (Phi) is 2.50. The van der Waals surface area contributed by atoms with Gasteiger partial charge in [-0.15, -0.1) is 0 Å². The first-order valence-electron chi connectivity index (χ1n) is 4.97. The Morgan fingerprint density at radius 3 is 2.67 bits per heavy atom. The Bertz CT molecular complexity index is 379. The zero-order valence-corrected chi connectivity index (χ0v) is 8.68. The molecule has 0 amide bonds. The Morgan fingerprint density at radius 1 is 1.33 bits per heavy atom. The molecular weight excluding hydrogens is 200 g/mol. The molecule has 1 aliphatic heterocycles. The summed E-state index contributed by atoms with van der Waals surface area (Å²) in [6.07, 6.45) is 0.00219. The van der Waals surface area contributed by atoms with E-state index >= 15 is 0 Å². The molecule has 0 saturated carbocycles. The van der Waals surface area contributed by atoms with E-state index in [0.29, 0.717) is 23.9 Å². The molecule has 82 valence electrons. The Hall–Kier alpha value is -1.32. The minimum Gasteiger partial charge on any atom is -0.486 e. The molecule has 2 rings (SSSR count). The van der Waals surface area contributed by atoms with Crippen molar-refractivity contribution in [3.05, 3.63) is 23.8 Å². The van der Waals surface area contributed by atoms with E-state index in [-0.39, 0.29) is 6.10 Å². The van der Waals surface area contributed by atoms with Gasteiger partial charge in [-0.2, -0.15) is 0 Å². The van der Waals surface area contributed by atoms with Crippen LogP contribution in [0.3, 0.4) is 0 Å². The van der Waals surface area contributed by atoms with Crippen LogP contribution in [0.15, 0.2) is 12.1 Å². The number of anilines is 1. The van der Waals surface area contributed by atoms with E-state index in [4.69, 9.17) is 4.74 Å². The molecule has 1 aromatic rings. The highest BCUT2D eigenvalue weighted by atomic mass is 19.2. The molecule has 0 aromatic heterocycles. The van der Waals surface area contributed by atoms with Crippen LogP contribution < -0.4 is 10.1 Å². The molecule has 1 unspecified atom stereocenters. The van der Waals surface area contributed by atoms with Crippen LogP contribution in [-0.2, 0) is 0 Å². The van der Waals surface area contributed by atoms with E-state index in [0.717, 1.165) is 12.1 Å². The van der Waals surface area contributed by atoms with Crippen molar-refractivity contribution in [2.75, 3.05) is 11.9 Å². The van der Waals surface area contributed by atoms with Crippen LogP contribution in [0.5, 0.6) is 5.75 Å². The van der Waals surface area contributed by atoms with E-state index in [1.807, 2.05) is 13.8 Å². The predicted molar refractivity (Wildman–Crippen MR) is 54.1 cm³/mol.